The molecule has 19 aromatic rings. The van der Waals surface area contributed by atoms with Crippen molar-refractivity contribution in [2.24, 2.45) is 11.8 Å². The first-order valence-corrected chi connectivity index (χ1v) is 36.6. The zero-order valence-corrected chi connectivity index (χ0v) is 75.7. The number of nitrogens with zero attached hydrogens (tertiary/aromatic N) is 10. The molecule has 19 rings (SSSR count). The summed E-state index contributed by atoms with van der Waals surface area (Å²) in [5.41, 5.74) is 9.60. The Hall–Kier alpha value is -11.0. The number of fused-ring (bicyclic) bond motifs is 10. The smallest absolute Gasteiger partial charge is 0.416 e. The molecular formula is C96H71F6Ir5N10O2-5. The van der Waals surface area contributed by atoms with Gasteiger partial charge in [-0.25, -0.2) is 0 Å². The number of benzene rings is 14. The molecule has 0 saturated heterocycles. The number of rotatable bonds is 10. The van der Waals surface area contributed by atoms with E-state index in [2.05, 4.69) is 154 Å². The van der Waals surface area contributed by atoms with Crippen LogP contribution in [0.2, 0.25) is 0 Å². The Balaban J connectivity index is 0.000000165. The normalized spacial score (nSPS) is 11.0. The summed E-state index contributed by atoms with van der Waals surface area (Å²) in [4.78, 5) is 11.0. The number of aliphatic hydroxyl groups excluding tert-OH is 1. The number of hydrogen-bond donors (Lipinski definition) is 1. The van der Waals surface area contributed by atoms with Crippen LogP contribution in [0.4, 0.5) is 26.3 Å². The monoisotopic (exact) mass is 2470 g/mol. The number of allylic oxidation sites excluding steroid dienone is 2. The Kier molecular flexibility index (Phi) is 32.5. The fourth-order valence-corrected chi connectivity index (χ4v) is 12.8. The van der Waals surface area contributed by atoms with E-state index in [1.165, 1.54) is 49.8 Å². The molecule has 14 aromatic carbocycles. The predicted octanol–water partition coefficient (Wildman–Crippen LogP) is 24.1. The molecule has 119 heavy (non-hydrogen) atoms. The SMILES string of the molecule is CC(C)C(=O)C=C(O)C(C)C.FC(F)(F)c1cc[c-]c(-n2nc(-c3cccc(C(F)(F)F)c3)c3ccccc32)c1.[Ir].[Ir].[Ir].[Ir].[Ir].[c-]1ccccc1-n1cc2ccccc2n1.[c-]1ccccc1-n1nc2ccccc2c1-c1ccccc1.[c-]1ccccc1-n1ncc2c3ccccc3c3ccccc3c21.[c-]1ccccc1-n1ncc2ccccc21. The Morgan fingerprint density at radius 3 is 1.41 bits per heavy atom. The van der Waals surface area contributed by atoms with E-state index in [9.17, 15) is 36.2 Å². The molecule has 0 aliphatic rings. The third-order valence-corrected chi connectivity index (χ3v) is 18.5. The van der Waals surface area contributed by atoms with E-state index in [0.717, 1.165) is 103 Å². The second-order valence-electron chi connectivity index (χ2n) is 26.9. The molecule has 5 aromatic heterocycles. The van der Waals surface area contributed by atoms with E-state index < -0.39 is 23.5 Å². The standard InChI is InChI=1S/C21H11F6N2.C21H13N2.C19H13N2.2C13H9N2.C9H16O2.5Ir/c22-20(23,24)14-6-3-5-13(11-14)19-17-9-1-2-10-18(17)29(28-19)16-8-4-7-15(12-16)21(25,26)27;1-2-8-15(9-3-1)23-21-19-13-7-6-11-17(19)16-10-4-5-12-18(16)20(21)14-22-23;1-3-9-15(10-4-1)19-17-13-7-8-14-18(17)20-21(19)16-11-5-2-6-12-16;1-2-7-12(8-3-1)15-10-11-6-4-5-9-13(11)14-15;1-2-7-12(8-3-1)15-13-9-5-4-6-11(13)10-14-15;1-6(2)8(10)5-9(11)7(3)4;;;;;/h1-7,9-12H;1-8,10-14H;1-11,13-14H;2*1-7,9-10H;5-7,10H,1-4H3;;;;;/q5*-1;;;;;;. The van der Waals surface area contributed by atoms with Gasteiger partial charge in [-0.3, -0.25) is 28.2 Å². The van der Waals surface area contributed by atoms with Gasteiger partial charge < -0.3 is 5.11 Å². The summed E-state index contributed by atoms with van der Waals surface area (Å²) in [5, 5.41) is 41.9. The number of carbonyl (C=O) groups excluding carboxylic acids is 1. The van der Waals surface area contributed by atoms with Gasteiger partial charge in [-0.2, -0.15) is 167 Å². The summed E-state index contributed by atoms with van der Waals surface area (Å²) in [6.45, 7) is 7.32. The van der Waals surface area contributed by atoms with E-state index in [1.54, 1.807) is 24.3 Å². The molecule has 0 atom stereocenters. The average Bonchev–Trinajstić information content (AvgIpc) is 1.65. The van der Waals surface area contributed by atoms with Crippen LogP contribution in [0.5, 0.6) is 0 Å². The van der Waals surface area contributed by atoms with Crippen molar-refractivity contribution in [2.75, 3.05) is 0 Å². The maximum atomic E-state index is 13.1. The molecule has 1 N–H and O–H groups in total. The van der Waals surface area contributed by atoms with E-state index in [0.29, 0.717) is 10.9 Å². The number of hydrogen-bond acceptors (Lipinski definition) is 7. The maximum absolute atomic E-state index is 13.1. The zero-order chi connectivity index (χ0) is 79.3. The van der Waals surface area contributed by atoms with Gasteiger partial charge >= 0.3 is 12.4 Å². The molecule has 0 spiro atoms. The van der Waals surface area contributed by atoms with Gasteiger partial charge in [0.15, 0.2) is 5.78 Å². The molecule has 609 valence electrons. The van der Waals surface area contributed by atoms with Gasteiger partial charge in [0.05, 0.1) is 57.0 Å². The van der Waals surface area contributed by atoms with Crippen LogP contribution in [0, 0.1) is 42.2 Å². The van der Waals surface area contributed by atoms with Gasteiger partial charge in [0.25, 0.3) is 0 Å². The third kappa shape index (κ3) is 21.7. The minimum Gasteiger partial charge on any atom is -0.512 e. The number of carbonyl (C=O) groups is 1. The first-order chi connectivity index (χ1) is 55.3. The molecule has 5 radical (unpaired) electrons. The summed E-state index contributed by atoms with van der Waals surface area (Å²) < 4.78 is 87.4. The number of alkyl halides is 6. The van der Waals surface area contributed by atoms with Gasteiger partial charge in [0.1, 0.15) is 5.69 Å². The van der Waals surface area contributed by atoms with Crippen molar-refractivity contribution < 1.29 is 137 Å². The van der Waals surface area contributed by atoms with Gasteiger partial charge in [-0.1, -0.05) is 197 Å². The fourth-order valence-electron chi connectivity index (χ4n) is 12.8. The molecule has 0 aliphatic carbocycles. The number of halogens is 6. The number of ketones is 1. The summed E-state index contributed by atoms with van der Waals surface area (Å²) >= 11 is 0. The Morgan fingerprint density at radius 2 is 0.832 bits per heavy atom. The Bertz CT molecular complexity index is 6410. The molecule has 0 fully saturated rings. The quantitative estimate of drug-likeness (QED) is 0.0475. The predicted molar refractivity (Wildman–Crippen MR) is 441 cm³/mol. The minimum absolute atomic E-state index is 0. The van der Waals surface area contributed by atoms with Gasteiger partial charge in [-0.15, -0.1) is 30.3 Å². The molecule has 23 heteroatoms. The van der Waals surface area contributed by atoms with Gasteiger partial charge in [0.2, 0.25) is 0 Å². The van der Waals surface area contributed by atoms with Crippen molar-refractivity contribution in [1.29, 1.82) is 0 Å². The largest absolute Gasteiger partial charge is 0.512 e. The van der Waals surface area contributed by atoms with Crippen LogP contribution in [0.15, 0.2) is 346 Å². The van der Waals surface area contributed by atoms with E-state index in [4.69, 9.17) is 5.10 Å². The first kappa shape index (κ1) is 91.9. The van der Waals surface area contributed by atoms with Crippen molar-refractivity contribution in [3.8, 4) is 51.0 Å². The molecule has 0 unspecified atom stereocenters. The maximum Gasteiger partial charge on any atom is 0.416 e. The van der Waals surface area contributed by atoms with Gasteiger partial charge in [0, 0.05) is 168 Å². The Morgan fingerprint density at radius 1 is 0.370 bits per heavy atom. The van der Waals surface area contributed by atoms with Crippen LogP contribution in [-0.4, -0.2) is 59.8 Å². The number of aliphatic hydroxyl groups is 1. The van der Waals surface area contributed by atoms with Crippen molar-refractivity contribution in [1.82, 2.24) is 48.9 Å². The van der Waals surface area contributed by atoms with Crippen LogP contribution in [0.3, 0.4) is 0 Å². The van der Waals surface area contributed by atoms with E-state index in [1.807, 2.05) is 211 Å². The zero-order valence-electron chi connectivity index (χ0n) is 63.7. The topological polar surface area (TPSA) is 126 Å². The van der Waals surface area contributed by atoms with Crippen LogP contribution in [0.25, 0.3) is 127 Å². The third-order valence-electron chi connectivity index (χ3n) is 18.5. The van der Waals surface area contributed by atoms with E-state index in [-0.39, 0.29) is 141 Å². The van der Waals surface area contributed by atoms with Crippen molar-refractivity contribution in [3.63, 3.8) is 0 Å². The van der Waals surface area contributed by atoms with Crippen LogP contribution < -0.4 is 0 Å². The van der Waals surface area contributed by atoms with Crippen molar-refractivity contribution in [2.45, 2.75) is 40.0 Å². The molecule has 0 aliphatic heterocycles. The molecule has 0 bridgehead atoms. The fraction of sp³-hybridized carbons (Fsp3) is 0.0833. The summed E-state index contributed by atoms with van der Waals surface area (Å²) in [7, 11) is 0. The minimum atomic E-state index is -4.54. The molecule has 12 nitrogen and oxygen atoms in total. The average molecular weight is 2470 g/mol. The molecular weight excluding hydrogens is 2400 g/mol. The number of aromatic nitrogens is 10. The first-order valence-electron chi connectivity index (χ1n) is 36.6. The van der Waals surface area contributed by atoms with Crippen molar-refractivity contribution in [3.05, 3.63) is 387 Å². The molecule has 5 heterocycles. The van der Waals surface area contributed by atoms with E-state index >= 15 is 0 Å². The summed E-state index contributed by atoms with van der Waals surface area (Å²) in [5.74, 6) is 0.161. The molecule has 0 amide bonds. The van der Waals surface area contributed by atoms with Crippen molar-refractivity contribution >= 4 is 81.8 Å². The second kappa shape index (κ2) is 42.1. The molecule has 0 saturated carbocycles. The number of para-hydroxylation sites is 6. The Labute approximate surface area is 751 Å². The van der Waals surface area contributed by atoms with Gasteiger partial charge in [-0.05, 0) is 81.0 Å². The van der Waals surface area contributed by atoms with Crippen LogP contribution >= 0.6 is 0 Å². The van der Waals surface area contributed by atoms with Crippen LogP contribution in [0.1, 0.15) is 38.8 Å². The summed E-state index contributed by atoms with van der Waals surface area (Å²) in [6.07, 6.45) is -1.91. The second-order valence-corrected chi connectivity index (χ2v) is 26.9. The van der Waals surface area contributed by atoms with Crippen LogP contribution in [-0.2, 0) is 118 Å². The summed E-state index contributed by atoms with van der Waals surface area (Å²) in [6, 6.07) is 113.